The van der Waals surface area contributed by atoms with E-state index in [0.717, 1.165) is 5.69 Å². The number of hydrogen-bond acceptors (Lipinski definition) is 5. The van der Waals surface area contributed by atoms with Gasteiger partial charge in [-0.3, -0.25) is 0 Å². The standard InChI is InChI=1S/C18H17BrClF2N3OS/c19-15-13(5-10(23)4-9-7-18(9,21)22)26-17-12(6-14(20)25-16(15)17)24-8-11-2-1-3-27-11/h1-3,6,9-10H,4-5,7-8,23H2,(H,24,25)/t9-,10+/m1/s1. The van der Waals surface area contributed by atoms with E-state index in [1.165, 1.54) is 4.88 Å². The van der Waals surface area contributed by atoms with Gasteiger partial charge in [-0.25, -0.2) is 13.8 Å². The number of thiophene rings is 1. The van der Waals surface area contributed by atoms with Crippen molar-refractivity contribution >= 4 is 55.7 Å². The van der Waals surface area contributed by atoms with Gasteiger partial charge in [-0.1, -0.05) is 17.7 Å². The van der Waals surface area contributed by atoms with Gasteiger partial charge in [0.1, 0.15) is 16.4 Å². The van der Waals surface area contributed by atoms with Crippen LogP contribution in [0.3, 0.4) is 0 Å². The van der Waals surface area contributed by atoms with Crippen LogP contribution in [0.15, 0.2) is 32.5 Å². The summed E-state index contributed by atoms with van der Waals surface area (Å²) in [5.41, 5.74) is 7.97. The van der Waals surface area contributed by atoms with Crippen molar-refractivity contribution in [1.29, 1.82) is 0 Å². The maximum Gasteiger partial charge on any atom is 0.251 e. The zero-order chi connectivity index (χ0) is 19.2. The molecule has 3 aromatic heterocycles. The minimum Gasteiger partial charge on any atom is -0.456 e. The molecule has 0 radical (unpaired) electrons. The van der Waals surface area contributed by atoms with Gasteiger partial charge in [0.05, 0.1) is 10.2 Å². The van der Waals surface area contributed by atoms with E-state index >= 15 is 0 Å². The molecule has 9 heteroatoms. The molecule has 144 valence electrons. The summed E-state index contributed by atoms with van der Waals surface area (Å²) >= 11 is 11.3. The Balaban J connectivity index is 1.55. The monoisotopic (exact) mass is 475 g/mol. The van der Waals surface area contributed by atoms with Crippen LogP contribution in [-0.4, -0.2) is 16.9 Å². The first-order valence-corrected chi connectivity index (χ1v) is 10.6. The number of aromatic nitrogens is 1. The zero-order valence-corrected chi connectivity index (χ0v) is 17.3. The van der Waals surface area contributed by atoms with Crippen LogP contribution in [0.25, 0.3) is 11.1 Å². The van der Waals surface area contributed by atoms with Crippen LogP contribution in [-0.2, 0) is 13.0 Å². The highest BCUT2D eigenvalue weighted by molar-refractivity contribution is 9.10. The lowest BCUT2D eigenvalue weighted by atomic mass is 10.1. The molecule has 0 amide bonds. The molecule has 0 saturated heterocycles. The van der Waals surface area contributed by atoms with Gasteiger partial charge in [-0.2, -0.15) is 0 Å². The van der Waals surface area contributed by atoms with E-state index in [-0.39, 0.29) is 12.8 Å². The van der Waals surface area contributed by atoms with Crippen LogP contribution in [0.1, 0.15) is 23.5 Å². The molecular formula is C18H17BrClF2N3OS. The van der Waals surface area contributed by atoms with Crippen LogP contribution in [0.2, 0.25) is 5.15 Å². The maximum absolute atomic E-state index is 13.1. The van der Waals surface area contributed by atoms with E-state index in [0.29, 0.717) is 39.5 Å². The smallest absolute Gasteiger partial charge is 0.251 e. The summed E-state index contributed by atoms with van der Waals surface area (Å²) in [5.74, 6) is -2.59. The van der Waals surface area contributed by atoms with Crippen molar-refractivity contribution in [1.82, 2.24) is 4.98 Å². The number of furan rings is 1. The zero-order valence-electron chi connectivity index (χ0n) is 14.1. The summed E-state index contributed by atoms with van der Waals surface area (Å²) in [4.78, 5) is 5.51. The third-order valence-corrected chi connectivity index (χ3v) is 6.53. The number of anilines is 1. The van der Waals surface area contributed by atoms with Crippen LogP contribution < -0.4 is 11.1 Å². The number of fused-ring (bicyclic) bond motifs is 1. The molecule has 0 spiro atoms. The molecule has 2 atom stereocenters. The Labute approximate surface area is 172 Å². The Morgan fingerprint density at radius 3 is 2.96 bits per heavy atom. The van der Waals surface area contributed by atoms with E-state index in [9.17, 15) is 8.78 Å². The minimum absolute atomic E-state index is 0.0735. The average molecular weight is 477 g/mol. The largest absolute Gasteiger partial charge is 0.456 e. The van der Waals surface area contributed by atoms with Crippen molar-refractivity contribution in [3.63, 3.8) is 0 Å². The Bertz CT molecular complexity index is 963. The number of nitrogens with two attached hydrogens (primary N) is 1. The molecule has 4 rings (SSSR count). The Kier molecular flexibility index (Phi) is 5.18. The number of halogens is 4. The van der Waals surface area contributed by atoms with Gasteiger partial charge in [0.15, 0.2) is 5.58 Å². The molecule has 1 fully saturated rings. The molecule has 3 heterocycles. The van der Waals surface area contributed by atoms with Crippen molar-refractivity contribution in [2.24, 2.45) is 11.7 Å². The second kappa shape index (κ2) is 7.31. The van der Waals surface area contributed by atoms with Crippen LogP contribution in [0.5, 0.6) is 0 Å². The van der Waals surface area contributed by atoms with Crippen LogP contribution in [0.4, 0.5) is 14.5 Å². The first-order valence-electron chi connectivity index (χ1n) is 8.50. The van der Waals surface area contributed by atoms with Gasteiger partial charge in [-0.15, -0.1) is 11.3 Å². The number of nitrogens with zero attached hydrogens (tertiary/aromatic N) is 1. The second-order valence-electron chi connectivity index (χ2n) is 6.80. The fourth-order valence-corrected chi connectivity index (χ4v) is 4.47. The van der Waals surface area contributed by atoms with Gasteiger partial charge in [0, 0.05) is 42.3 Å². The lowest BCUT2D eigenvalue weighted by Gasteiger charge is -2.09. The summed E-state index contributed by atoms with van der Waals surface area (Å²) < 4.78 is 32.9. The first kappa shape index (κ1) is 19.1. The number of rotatable bonds is 7. The SMILES string of the molecule is N[C@H](Cc1oc2c(NCc3cccs3)cc(Cl)nc2c1Br)C[C@@H]1CC1(F)F. The van der Waals surface area contributed by atoms with Gasteiger partial charge in [-0.05, 0) is 33.8 Å². The molecule has 0 aromatic carbocycles. The topological polar surface area (TPSA) is 64.1 Å². The highest BCUT2D eigenvalue weighted by atomic mass is 79.9. The van der Waals surface area contributed by atoms with E-state index in [2.05, 4.69) is 26.2 Å². The number of alkyl halides is 2. The highest BCUT2D eigenvalue weighted by Gasteiger charge is 2.56. The fourth-order valence-electron chi connectivity index (χ4n) is 3.12. The Morgan fingerprint density at radius 2 is 2.30 bits per heavy atom. The molecule has 0 aliphatic heterocycles. The maximum atomic E-state index is 13.1. The molecule has 1 aliphatic rings. The number of nitrogens with one attached hydrogen (secondary N) is 1. The molecule has 3 aromatic rings. The van der Waals surface area contributed by atoms with Gasteiger partial charge in [0.25, 0.3) is 5.92 Å². The van der Waals surface area contributed by atoms with Crippen LogP contribution >= 0.6 is 38.9 Å². The normalized spacial score (nSPS) is 19.4. The third kappa shape index (κ3) is 4.13. The minimum atomic E-state index is -2.56. The van der Waals surface area contributed by atoms with E-state index in [1.807, 2.05) is 17.5 Å². The van der Waals surface area contributed by atoms with Crippen molar-refractivity contribution in [3.8, 4) is 0 Å². The fraction of sp³-hybridized carbons (Fsp3) is 0.389. The summed E-state index contributed by atoms with van der Waals surface area (Å²) in [6.07, 6.45) is 0.551. The van der Waals surface area contributed by atoms with E-state index in [4.69, 9.17) is 21.8 Å². The second-order valence-corrected chi connectivity index (χ2v) is 9.02. The van der Waals surface area contributed by atoms with Crippen molar-refractivity contribution in [3.05, 3.63) is 43.8 Å². The molecule has 1 saturated carbocycles. The predicted octanol–water partition coefficient (Wildman–Crippen LogP) is 5.83. The molecule has 27 heavy (non-hydrogen) atoms. The Morgan fingerprint density at radius 1 is 1.52 bits per heavy atom. The van der Waals surface area contributed by atoms with E-state index in [1.54, 1.807) is 17.4 Å². The lowest BCUT2D eigenvalue weighted by Crippen LogP contribution is -2.24. The molecular weight excluding hydrogens is 460 g/mol. The number of hydrogen-bond donors (Lipinski definition) is 2. The third-order valence-electron chi connectivity index (χ3n) is 4.64. The highest BCUT2D eigenvalue weighted by Crippen LogP contribution is 2.51. The molecule has 4 nitrogen and oxygen atoms in total. The van der Waals surface area contributed by atoms with Crippen molar-refractivity contribution in [2.75, 3.05) is 5.32 Å². The van der Waals surface area contributed by atoms with Crippen molar-refractivity contribution in [2.45, 2.75) is 37.8 Å². The quantitative estimate of drug-likeness (QED) is 0.421. The van der Waals surface area contributed by atoms with Crippen LogP contribution in [0, 0.1) is 5.92 Å². The lowest BCUT2D eigenvalue weighted by molar-refractivity contribution is 0.0953. The Hall–Kier alpha value is -1.22. The van der Waals surface area contributed by atoms with Crippen molar-refractivity contribution < 1.29 is 13.2 Å². The summed E-state index contributed by atoms with van der Waals surface area (Å²) in [5, 5.41) is 5.67. The van der Waals surface area contributed by atoms with Gasteiger partial charge < -0.3 is 15.5 Å². The number of pyridine rings is 1. The van der Waals surface area contributed by atoms with E-state index < -0.39 is 17.9 Å². The molecule has 0 bridgehead atoms. The predicted molar refractivity (Wildman–Crippen MR) is 108 cm³/mol. The summed E-state index contributed by atoms with van der Waals surface area (Å²) in [6.45, 7) is 0.636. The molecule has 3 N–H and O–H groups in total. The molecule has 1 aliphatic carbocycles. The summed E-state index contributed by atoms with van der Waals surface area (Å²) in [7, 11) is 0. The average Bonchev–Trinajstić information content (AvgIpc) is 2.97. The summed E-state index contributed by atoms with van der Waals surface area (Å²) in [6, 6.07) is 5.33. The first-order chi connectivity index (χ1) is 12.8. The van der Waals surface area contributed by atoms with Gasteiger partial charge in [0.2, 0.25) is 0 Å². The molecule has 0 unspecified atom stereocenters. The van der Waals surface area contributed by atoms with Gasteiger partial charge >= 0.3 is 0 Å².